The van der Waals surface area contributed by atoms with Crippen LogP contribution in [0.4, 0.5) is 0 Å². The highest BCUT2D eigenvalue weighted by molar-refractivity contribution is 9.10. The lowest BCUT2D eigenvalue weighted by molar-refractivity contribution is 0.0400. The van der Waals surface area contributed by atoms with Crippen molar-refractivity contribution in [1.82, 2.24) is 24.7 Å². The number of para-hydroxylation sites is 1. The molecule has 2 aromatic heterocycles. The Balaban J connectivity index is 1.80. The van der Waals surface area contributed by atoms with Gasteiger partial charge in [-0.2, -0.15) is 0 Å². The molecule has 8 nitrogen and oxygen atoms in total. The Morgan fingerprint density at radius 3 is 2.61 bits per heavy atom. The van der Waals surface area contributed by atoms with E-state index in [1.54, 1.807) is 19.2 Å². The number of methoxy groups -OCH3 is 1. The molecule has 0 saturated carbocycles. The van der Waals surface area contributed by atoms with Gasteiger partial charge in [-0.05, 0) is 64.3 Å². The highest BCUT2D eigenvalue weighted by Gasteiger charge is 2.31. The molecule has 0 spiro atoms. The number of hydrogen-bond donors (Lipinski definition) is 0. The van der Waals surface area contributed by atoms with Gasteiger partial charge in [0.2, 0.25) is 0 Å². The minimum Gasteiger partial charge on any atom is -0.383 e. The molecule has 2 unspecified atom stereocenters. The minimum absolute atomic E-state index is 0.0815. The van der Waals surface area contributed by atoms with Gasteiger partial charge >= 0.3 is 5.97 Å². The molecule has 2 atom stereocenters. The van der Waals surface area contributed by atoms with Gasteiger partial charge in [0.05, 0.1) is 18.3 Å². The summed E-state index contributed by atoms with van der Waals surface area (Å²) in [7, 11) is 1.64. The second-order valence-corrected chi connectivity index (χ2v) is 8.78. The molecular weight excluding hydrogens is 510 g/mol. The number of fused-ring (bicyclic) bond motifs is 1. The highest BCUT2D eigenvalue weighted by Crippen LogP contribution is 2.35. The van der Waals surface area contributed by atoms with Crippen LogP contribution in [0.3, 0.4) is 0 Å². The van der Waals surface area contributed by atoms with Crippen LogP contribution in [0.25, 0.3) is 11.0 Å². The molecule has 0 saturated heterocycles. The van der Waals surface area contributed by atoms with E-state index in [1.165, 1.54) is 0 Å². The van der Waals surface area contributed by atoms with Crippen LogP contribution in [0.5, 0.6) is 0 Å². The van der Waals surface area contributed by atoms with Crippen molar-refractivity contribution in [2.24, 2.45) is 0 Å². The number of hydrogen-bond acceptors (Lipinski definition) is 6. The summed E-state index contributed by atoms with van der Waals surface area (Å²) in [5.41, 5.74) is 3.15. The van der Waals surface area contributed by atoms with E-state index in [4.69, 9.17) is 21.2 Å². The Bertz CT molecular complexity index is 1270. The van der Waals surface area contributed by atoms with Crippen LogP contribution >= 0.6 is 27.5 Å². The van der Waals surface area contributed by atoms with E-state index in [1.807, 2.05) is 47.9 Å². The predicted octanol–water partition coefficient (Wildman–Crippen LogP) is 5.06. The maximum atomic E-state index is 13.4. The van der Waals surface area contributed by atoms with Crippen molar-refractivity contribution in [3.05, 3.63) is 75.2 Å². The Morgan fingerprint density at radius 1 is 1.18 bits per heavy atom. The summed E-state index contributed by atoms with van der Waals surface area (Å²) in [6.07, 6.45) is 0.728. The van der Waals surface area contributed by atoms with Crippen LogP contribution in [0.1, 0.15) is 54.0 Å². The predicted molar refractivity (Wildman–Crippen MR) is 129 cm³/mol. The molecule has 4 aromatic rings. The van der Waals surface area contributed by atoms with E-state index in [9.17, 15) is 4.79 Å². The Morgan fingerprint density at radius 2 is 1.91 bits per heavy atom. The Hall–Kier alpha value is -2.75. The van der Waals surface area contributed by atoms with E-state index in [2.05, 4.69) is 38.1 Å². The monoisotopic (exact) mass is 531 g/mol. The van der Waals surface area contributed by atoms with Crippen molar-refractivity contribution in [1.29, 1.82) is 0 Å². The largest absolute Gasteiger partial charge is 0.385 e. The lowest BCUT2D eigenvalue weighted by atomic mass is 9.91. The second kappa shape index (κ2) is 10.0. The fraction of sp³-hybridized carbons (Fsp3) is 0.304. The number of aromatic nitrogens is 5. The maximum absolute atomic E-state index is 13.4. The molecule has 0 aliphatic carbocycles. The van der Waals surface area contributed by atoms with Crippen molar-refractivity contribution in [3.63, 3.8) is 0 Å². The van der Waals surface area contributed by atoms with Gasteiger partial charge in [0.1, 0.15) is 11.0 Å². The van der Waals surface area contributed by atoms with Crippen molar-refractivity contribution >= 4 is 44.5 Å². The van der Waals surface area contributed by atoms with Gasteiger partial charge in [-0.25, -0.2) is 9.78 Å². The molecule has 0 aliphatic rings. The Kier molecular flexibility index (Phi) is 7.11. The molecule has 2 aromatic carbocycles. The highest BCUT2D eigenvalue weighted by atomic mass is 79.9. The van der Waals surface area contributed by atoms with Gasteiger partial charge in [-0.1, -0.05) is 47.6 Å². The number of halogens is 2. The van der Waals surface area contributed by atoms with Gasteiger partial charge in [0, 0.05) is 18.1 Å². The fourth-order valence-electron chi connectivity index (χ4n) is 3.95. The fourth-order valence-corrected chi connectivity index (χ4v) is 4.80. The zero-order valence-corrected chi connectivity index (χ0v) is 20.7. The van der Waals surface area contributed by atoms with Crippen LogP contribution in [0.2, 0.25) is 5.02 Å². The molecule has 33 heavy (non-hydrogen) atoms. The van der Waals surface area contributed by atoms with Crippen molar-refractivity contribution < 1.29 is 14.4 Å². The average molecular weight is 533 g/mol. The first-order chi connectivity index (χ1) is 15.9. The molecule has 0 N–H and O–H groups in total. The number of carbonyl (C=O) groups excluding carboxylic acids is 1. The second-order valence-electron chi connectivity index (χ2n) is 7.63. The van der Waals surface area contributed by atoms with E-state index in [-0.39, 0.29) is 17.7 Å². The first-order valence-electron chi connectivity index (χ1n) is 10.5. The van der Waals surface area contributed by atoms with E-state index in [0.29, 0.717) is 27.4 Å². The number of benzene rings is 2. The molecule has 0 aliphatic heterocycles. The summed E-state index contributed by atoms with van der Waals surface area (Å²) >= 11 is 9.65. The van der Waals surface area contributed by atoms with Crippen LogP contribution in [0, 0.1) is 0 Å². The smallest absolute Gasteiger partial charge is 0.383 e. The van der Waals surface area contributed by atoms with Crippen LogP contribution in [0.15, 0.2) is 53.3 Å². The van der Waals surface area contributed by atoms with Gasteiger partial charge in [0.15, 0.2) is 10.4 Å². The number of imidazole rings is 1. The molecule has 10 heteroatoms. The van der Waals surface area contributed by atoms with E-state index >= 15 is 0 Å². The van der Waals surface area contributed by atoms with Crippen LogP contribution in [-0.2, 0) is 4.74 Å². The van der Waals surface area contributed by atoms with Gasteiger partial charge in [0.25, 0.3) is 0 Å². The summed E-state index contributed by atoms with van der Waals surface area (Å²) in [6, 6.07) is 14.8. The van der Waals surface area contributed by atoms with Gasteiger partial charge in [-0.15, -0.1) is 5.10 Å². The van der Waals surface area contributed by atoms with Crippen LogP contribution in [-0.4, -0.2) is 44.4 Å². The van der Waals surface area contributed by atoms with E-state index in [0.717, 1.165) is 22.5 Å². The van der Waals surface area contributed by atoms with Gasteiger partial charge < -0.3 is 14.1 Å². The first kappa shape index (κ1) is 23.4. The lowest BCUT2D eigenvalue weighted by Gasteiger charge is -2.23. The molecule has 2 heterocycles. The summed E-state index contributed by atoms with van der Waals surface area (Å²) < 4.78 is 7.87. The molecular formula is C23H23BrClN5O3. The lowest BCUT2D eigenvalue weighted by Crippen LogP contribution is -2.24. The van der Waals surface area contributed by atoms with Crippen molar-refractivity contribution in [2.75, 3.05) is 13.7 Å². The third-order valence-electron chi connectivity index (χ3n) is 5.45. The van der Waals surface area contributed by atoms with Gasteiger partial charge in [-0.3, -0.25) is 0 Å². The molecule has 0 radical (unpaired) electrons. The standard InChI is InChI=1S/C23H23BrClN5O3/c1-4-17(15-9-11-16(25)12-10-15)21-20(26-23(24)29(21)14(2)13-32-3)22(31)33-30-19-8-6-5-7-18(19)27-28-30/h5-12,14,17H,4,13H2,1-3H3. The van der Waals surface area contributed by atoms with Crippen molar-refractivity contribution in [3.8, 4) is 0 Å². The quantitative estimate of drug-likeness (QED) is 0.295. The maximum Gasteiger partial charge on any atom is 0.385 e. The minimum atomic E-state index is -0.628. The molecule has 0 fully saturated rings. The number of ether oxygens (including phenoxy) is 1. The van der Waals surface area contributed by atoms with E-state index < -0.39 is 5.97 Å². The molecule has 4 rings (SSSR count). The zero-order chi connectivity index (χ0) is 23.5. The summed E-state index contributed by atoms with van der Waals surface area (Å²) in [4.78, 5) is 24.6. The first-order valence-corrected chi connectivity index (χ1v) is 11.7. The summed E-state index contributed by atoms with van der Waals surface area (Å²) in [6.45, 7) is 4.51. The SMILES string of the molecule is CCC(c1ccc(Cl)cc1)c1c(C(=O)On2nnc3ccccc32)nc(Br)n1C(C)COC. The van der Waals surface area contributed by atoms with Crippen molar-refractivity contribution in [2.45, 2.75) is 32.2 Å². The number of carbonyl (C=O) groups is 1. The third-order valence-corrected chi connectivity index (χ3v) is 6.26. The topological polar surface area (TPSA) is 84.1 Å². The average Bonchev–Trinajstić information content (AvgIpc) is 3.37. The molecule has 172 valence electrons. The normalized spacial score (nSPS) is 13.2. The van der Waals surface area contributed by atoms with Crippen LogP contribution < -0.4 is 4.84 Å². The number of rotatable bonds is 8. The number of nitrogens with zero attached hydrogens (tertiary/aromatic N) is 5. The summed E-state index contributed by atoms with van der Waals surface area (Å²) in [5, 5.41) is 8.65. The summed E-state index contributed by atoms with van der Waals surface area (Å²) in [5.74, 6) is -0.757. The molecule has 0 amide bonds. The molecule has 0 bridgehead atoms. The Labute approximate surface area is 204 Å². The zero-order valence-electron chi connectivity index (χ0n) is 18.4. The third kappa shape index (κ3) is 4.66.